The molecule has 0 fully saturated rings. The Morgan fingerprint density at radius 1 is 1.00 bits per heavy atom. The first-order valence-electron chi connectivity index (χ1n) is 8.79. The molecule has 5 nitrogen and oxygen atoms in total. The number of anilines is 1. The molecule has 1 N–H and O–H groups in total. The summed E-state index contributed by atoms with van der Waals surface area (Å²) in [6, 6.07) is 15.4. The monoisotopic (exact) mass is 349 g/mol. The van der Waals surface area contributed by atoms with Gasteiger partial charge in [-0.25, -0.2) is 0 Å². The van der Waals surface area contributed by atoms with E-state index in [0.717, 1.165) is 12.8 Å². The van der Waals surface area contributed by atoms with Crippen LogP contribution >= 0.6 is 0 Å². The summed E-state index contributed by atoms with van der Waals surface area (Å²) in [7, 11) is 0. The second-order valence-electron chi connectivity index (χ2n) is 6.02. The van der Waals surface area contributed by atoms with Gasteiger partial charge >= 0.3 is 0 Å². The van der Waals surface area contributed by atoms with E-state index in [0.29, 0.717) is 35.5 Å². The molecule has 0 radical (unpaired) electrons. The predicted octanol–water partition coefficient (Wildman–Crippen LogP) is 4.07. The normalized spacial score (nSPS) is 10.0. The second-order valence-corrected chi connectivity index (χ2v) is 6.02. The van der Waals surface area contributed by atoms with E-state index in [4.69, 9.17) is 5.26 Å². The van der Waals surface area contributed by atoms with Crippen LogP contribution in [0.15, 0.2) is 48.5 Å². The Bertz CT molecular complexity index is 801. The third-order valence-electron chi connectivity index (χ3n) is 3.92. The molecular weight excluding hydrogens is 326 g/mol. The number of benzene rings is 2. The van der Waals surface area contributed by atoms with Crippen molar-refractivity contribution in [3.8, 4) is 6.07 Å². The highest BCUT2D eigenvalue weighted by molar-refractivity contribution is 6.06. The molecule has 0 spiro atoms. The minimum absolute atomic E-state index is 0.0540. The van der Waals surface area contributed by atoms with E-state index in [1.165, 1.54) is 0 Å². The van der Waals surface area contributed by atoms with Crippen molar-refractivity contribution in [2.45, 2.75) is 26.7 Å². The molecular formula is C21H23N3O2. The average Bonchev–Trinajstić information content (AvgIpc) is 2.68. The van der Waals surface area contributed by atoms with Gasteiger partial charge in [-0.3, -0.25) is 9.59 Å². The van der Waals surface area contributed by atoms with Crippen LogP contribution in [-0.4, -0.2) is 29.8 Å². The molecule has 0 bridgehead atoms. The molecule has 2 aromatic rings. The smallest absolute Gasteiger partial charge is 0.255 e. The number of rotatable bonds is 7. The van der Waals surface area contributed by atoms with Crippen LogP contribution in [0.2, 0.25) is 0 Å². The molecule has 0 aliphatic rings. The van der Waals surface area contributed by atoms with E-state index in [1.54, 1.807) is 48.5 Å². The molecule has 0 aromatic heterocycles. The molecule has 2 aromatic carbocycles. The maximum absolute atomic E-state index is 12.7. The highest BCUT2D eigenvalue weighted by Gasteiger charge is 2.16. The minimum Gasteiger partial charge on any atom is -0.339 e. The fourth-order valence-electron chi connectivity index (χ4n) is 2.66. The first-order chi connectivity index (χ1) is 12.6. The summed E-state index contributed by atoms with van der Waals surface area (Å²) >= 11 is 0. The number of carbonyl (C=O) groups excluding carboxylic acids is 2. The van der Waals surface area contributed by atoms with Crippen molar-refractivity contribution < 1.29 is 9.59 Å². The van der Waals surface area contributed by atoms with E-state index in [9.17, 15) is 9.59 Å². The summed E-state index contributed by atoms with van der Waals surface area (Å²) in [5, 5.41) is 11.6. The molecule has 2 amide bonds. The molecule has 5 heteroatoms. The SMILES string of the molecule is CCCN(CCC)C(=O)c1cccc(C(=O)Nc2ccc(C#N)cc2)c1. The zero-order valence-corrected chi connectivity index (χ0v) is 15.2. The number of amides is 2. The van der Waals surface area contributed by atoms with Crippen molar-refractivity contribution in [3.63, 3.8) is 0 Å². The van der Waals surface area contributed by atoms with Crippen LogP contribution in [0, 0.1) is 11.3 Å². The van der Waals surface area contributed by atoms with Gasteiger partial charge in [0.25, 0.3) is 11.8 Å². The maximum Gasteiger partial charge on any atom is 0.255 e. The van der Waals surface area contributed by atoms with Crippen LogP contribution in [0.4, 0.5) is 5.69 Å². The van der Waals surface area contributed by atoms with E-state index in [1.807, 2.05) is 24.8 Å². The van der Waals surface area contributed by atoms with Crippen LogP contribution in [0.1, 0.15) is 53.0 Å². The maximum atomic E-state index is 12.7. The van der Waals surface area contributed by atoms with Gasteiger partial charge < -0.3 is 10.2 Å². The number of hydrogen-bond acceptors (Lipinski definition) is 3. The Labute approximate surface area is 154 Å². The molecule has 0 heterocycles. The quantitative estimate of drug-likeness (QED) is 0.819. The largest absolute Gasteiger partial charge is 0.339 e. The van der Waals surface area contributed by atoms with Crippen molar-refractivity contribution in [1.29, 1.82) is 5.26 Å². The summed E-state index contributed by atoms with van der Waals surface area (Å²) in [5.41, 5.74) is 2.07. The molecule has 0 unspecified atom stereocenters. The van der Waals surface area contributed by atoms with E-state index >= 15 is 0 Å². The Morgan fingerprint density at radius 2 is 1.62 bits per heavy atom. The van der Waals surface area contributed by atoms with Gasteiger partial charge in [-0.15, -0.1) is 0 Å². The fraction of sp³-hybridized carbons (Fsp3) is 0.286. The van der Waals surface area contributed by atoms with Gasteiger partial charge in [-0.05, 0) is 55.3 Å². The number of nitrogens with one attached hydrogen (secondary N) is 1. The van der Waals surface area contributed by atoms with Crippen molar-refractivity contribution >= 4 is 17.5 Å². The molecule has 0 atom stereocenters. The van der Waals surface area contributed by atoms with E-state index < -0.39 is 0 Å². The van der Waals surface area contributed by atoms with Gasteiger partial charge in [0.2, 0.25) is 0 Å². The molecule has 26 heavy (non-hydrogen) atoms. The highest BCUT2D eigenvalue weighted by Crippen LogP contribution is 2.14. The second kappa shape index (κ2) is 9.38. The summed E-state index contributed by atoms with van der Waals surface area (Å²) in [5.74, 6) is -0.344. The first kappa shape index (κ1) is 19.2. The fourth-order valence-corrected chi connectivity index (χ4v) is 2.66. The highest BCUT2D eigenvalue weighted by atomic mass is 16.2. The van der Waals surface area contributed by atoms with Crippen molar-refractivity contribution in [1.82, 2.24) is 4.90 Å². The van der Waals surface area contributed by atoms with Crippen molar-refractivity contribution in [3.05, 3.63) is 65.2 Å². The Kier molecular flexibility index (Phi) is 6.92. The Balaban J connectivity index is 2.15. The van der Waals surface area contributed by atoms with Gasteiger partial charge in [0.1, 0.15) is 0 Å². The average molecular weight is 349 g/mol. The lowest BCUT2D eigenvalue weighted by molar-refractivity contribution is 0.0755. The Hall–Kier alpha value is -3.13. The van der Waals surface area contributed by atoms with Crippen LogP contribution in [0.3, 0.4) is 0 Å². The number of nitrogens with zero attached hydrogens (tertiary/aromatic N) is 2. The number of carbonyl (C=O) groups is 2. The third kappa shape index (κ3) is 4.93. The molecule has 2 rings (SSSR count). The summed E-state index contributed by atoms with van der Waals surface area (Å²) in [4.78, 5) is 27.0. The Morgan fingerprint density at radius 3 is 2.19 bits per heavy atom. The van der Waals surface area contributed by atoms with Gasteiger partial charge in [-0.1, -0.05) is 19.9 Å². The summed E-state index contributed by atoms with van der Waals surface area (Å²) < 4.78 is 0. The molecule has 0 aliphatic carbocycles. The van der Waals surface area contributed by atoms with E-state index in [2.05, 4.69) is 5.32 Å². The van der Waals surface area contributed by atoms with Crippen molar-refractivity contribution in [2.24, 2.45) is 0 Å². The molecule has 0 saturated carbocycles. The lowest BCUT2D eigenvalue weighted by Crippen LogP contribution is -2.32. The summed E-state index contributed by atoms with van der Waals surface area (Å²) in [6.45, 7) is 5.48. The molecule has 0 aliphatic heterocycles. The van der Waals surface area contributed by atoms with Gasteiger partial charge in [0.15, 0.2) is 0 Å². The lowest BCUT2D eigenvalue weighted by Gasteiger charge is -2.21. The number of hydrogen-bond donors (Lipinski definition) is 1. The van der Waals surface area contributed by atoms with Crippen LogP contribution < -0.4 is 5.32 Å². The first-order valence-corrected chi connectivity index (χ1v) is 8.79. The van der Waals surface area contributed by atoms with Crippen LogP contribution in [0.5, 0.6) is 0 Å². The minimum atomic E-state index is -0.290. The van der Waals surface area contributed by atoms with Gasteiger partial charge in [-0.2, -0.15) is 5.26 Å². The number of nitriles is 1. The predicted molar refractivity (Wildman–Crippen MR) is 102 cm³/mol. The standard InChI is InChI=1S/C21H23N3O2/c1-3-12-24(13-4-2)21(26)18-7-5-6-17(14-18)20(25)23-19-10-8-16(15-22)9-11-19/h5-11,14H,3-4,12-13H2,1-2H3,(H,23,25). The topological polar surface area (TPSA) is 73.2 Å². The zero-order chi connectivity index (χ0) is 18.9. The zero-order valence-electron chi connectivity index (χ0n) is 15.2. The molecule has 134 valence electrons. The van der Waals surface area contributed by atoms with Crippen LogP contribution in [0.25, 0.3) is 0 Å². The molecule has 0 saturated heterocycles. The van der Waals surface area contributed by atoms with E-state index in [-0.39, 0.29) is 11.8 Å². The third-order valence-corrected chi connectivity index (χ3v) is 3.92. The van der Waals surface area contributed by atoms with Crippen molar-refractivity contribution in [2.75, 3.05) is 18.4 Å². The van der Waals surface area contributed by atoms with Crippen LogP contribution in [-0.2, 0) is 0 Å². The van der Waals surface area contributed by atoms with Gasteiger partial charge in [0, 0.05) is 29.9 Å². The van der Waals surface area contributed by atoms with Gasteiger partial charge in [0.05, 0.1) is 11.6 Å². The lowest BCUT2D eigenvalue weighted by atomic mass is 10.1. The summed E-state index contributed by atoms with van der Waals surface area (Å²) in [6.07, 6.45) is 1.79.